The summed E-state index contributed by atoms with van der Waals surface area (Å²) in [7, 11) is 4.07. The molecule has 1 aliphatic rings. The van der Waals surface area contributed by atoms with Crippen LogP contribution in [0.25, 0.3) is 5.52 Å². The van der Waals surface area contributed by atoms with Gasteiger partial charge in [0.15, 0.2) is 0 Å². The number of ether oxygens (including phenoxy) is 2. The fourth-order valence-electron chi connectivity index (χ4n) is 5.03. The molecule has 2 aromatic heterocycles. The largest absolute Gasteiger partial charge is 0.423 e. The van der Waals surface area contributed by atoms with Gasteiger partial charge in [-0.15, -0.1) is 0 Å². The van der Waals surface area contributed by atoms with Crippen molar-refractivity contribution in [1.82, 2.24) is 14.2 Å². The highest BCUT2D eigenvalue weighted by Crippen LogP contribution is 2.32. The molecule has 0 bridgehead atoms. The molecule has 3 aromatic rings. The Kier molecular flexibility index (Phi) is 7.41. The Hall–Kier alpha value is -2.67. The SMILES string of the molecule is Cc1c(C(=O)Oc2cccc(C(C)C)c2CN(C)C)cc2cccn2c1C(C)N1CCOCC1. The summed E-state index contributed by atoms with van der Waals surface area (Å²) in [5.74, 6) is 0.674. The first-order chi connectivity index (χ1) is 16.3. The zero-order chi connectivity index (χ0) is 24.4. The van der Waals surface area contributed by atoms with Gasteiger partial charge < -0.3 is 18.8 Å². The van der Waals surface area contributed by atoms with Gasteiger partial charge in [-0.2, -0.15) is 0 Å². The van der Waals surface area contributed by atoms with Crippen LogP contribution in [-0.4, -0.2) is 60.6 Å². The smallest absolute Gasteiger partial charge is 0.343 e. The number of fused-ring (bicyclic) bond motifs is 1. The molecule has 6 nitrogen and oxygen atoms in total. The van der Waals surface area contributed by atoms with E-state index in [0.717, 1.165) is 48.6 Å². The van der Waals surface area contributed by atoms with Crippen molar-refractivity contribution < 1.29 is 14.3 Å². The Balaban J connectivity index is 1.73. The van der Waals surface area contributed by atoms with Crippen LogP contribution >= 0.6 is 0 Å². The second kappa shape index (κ2) is 10.3. The summed E-state index contributed by atoms with van der Waals surface area (Å²) in [6.07, 6.45) is 2.07. The van der Waals surface area contributed by atoms with Crippen molar-refractivity contribution in [3.8, 4) is 5.75 Å². The van der Waals surface area contributed by atoms with Crippen LogP contribution in [0, 0.1) is 6.92 Å². The number of carbonyl (C=O) groups is 1. The van der Waals surface area contributed by atoms with Crippen LogP contribution in [0.4, 0.5) is 0 Å². The van der Waals surface area contributed by atoms with Crippen LogP contribution in [-0.2, 0) is 11.3 Å². The summed E-state index contributed by atoms with van der Waals surface area (Å²) < 4.78 is 13.9. The molecule has 6 heteroatoms. The molecule has 0 radical (unpaired) electrons. The van der Waals surface area contributed by atoms with Crippen molar-refractivity contribution in [2.45, 2.75) is 46.2 Å². The summed E-state index contributed by atoms with van der Waals surface area (Å²) in [5, 5.41) is 0. The quantitative estimate of drug-likeness (QED) is 0.363. The molecule has 3 heterocycles. The van der Waals surface area contributed by atoms with Crippen LogP contribution in [0.15, 0.2) is 42.6 Å². The predicted octanol–water partition coefficient (Wildman–Crippen LogP) is 5.05. The molecule has 1 atom stereocenters. The lowest BCUT2D eigenvalue weighted by Crippen LogP contribution is -2.39. The maximum atomic E-state index is 13.6. The van der Waals surface area contributed by atoms with Gasteiger partial charge in [-0.3, -0.25) is 4.90 Å². The Morgan fingerprint density at radius 2 is 1.85 bits per heavy atom. The number of benzene rings is 1. The van der Waals surface area contributed by atoms with Gasteiger partial charge in [-0.05, 0) is 69.3 Å². The van der Waals surface area contributed by atoms with Crippen molar-refractivity contribution in [1.29, 1.82) is 0 Å². The minimum Gasteiger partial charge on any atom is -0.423 e. The highest BCUT2D eigenvalue weighted by molar-refractivity contribution is 5.94. The minimum absolute atomic E-state index is 0.153. The number of esters is 1. The zero-order valence-electron chi connectivity index (χ0n) is 21.3. The maximum absolute atomic E-state index is 13.6. The van der Waals surface area contributed by atoms with E-state index in [1.807, 2.05) is 51.4 Å². The first-order valence-corrected chi connectivity index (χ1v) is 12.2. The second-order valence-electron chi connectivity index (χ2n) is 9.80. The molecular weight excluding hydrogens is 426 g/mol. The third-order valence-electron chi connectivity index (χ3n) is 6.80. The lowest BCUT2D eigenvalue weighted by molar-refractivity contribution is 0.0187. The zero-order valence-corrected chi connectivity index (χ0v) is 21.3. The molecule has 34 heavy (non-hydrogen) atoms. The topological polar surface area (TPSA) is 46.4 Å². The normalized spacial score (nSPS) is 15.9. The molecule has 0 amide bonds. The standard InChI is InChI=1S/C28H37N3O3/c1-19(2)23-10-7-11-26(25(23)18-29(5)6)34-28(32)24-17-22-9-8-12-31(22)27(20(24)3)21(4)30-13-15-33-16-14-30/h7-12,17,19,21H,13-16,18H2,1-6H3. The Morgan fingerprint density at radius 1 is 1.12 bits per heavy atom. The van der Waals surface area contributed by atoms with E-state index in [2.05, 4.69) is 47.2 Å². The van der Waals surface area contributed by atoms with Gasteiger partial charge >= 0.3 is 5.97 Å². The van der Waals surface area contributed by atoms with Crippen molar-refractivity contribution in [2.75, 3.05) is 40.4 Å². The van der Waals surface area contributed by atoms with Crippen LogP contribution in [0.3, 0.4) is 0 Å². The third-order valence-corrected chi connectivity index (χ3v) is 6.80. The van der Waals surface area contributed by atoms with Crippen LogP contribution in [0.2, 0.25) is 0 Å². The van der Waals surface area contributed by atoms with E-state index in [9.17, 15) is 4.79 Å². The molecule has 0 saturated carbocycles. The molecule has 4 rings (SSSR count). The summed E-state index contributed by atoms with van der Waals surface area (Å²) in [6.45, 7) is 12.5. The number of aromatic nitrogens is 1. The van der Waals surface area contributed by atoms with E-state index in [1.54, 1.807) is 0 Å². The van der Waals surface area contributed by atoms with Crippen LogP contribution in [0.5, 0.6) is 5.75 Å². The fraction of sp³-hybridized carbons (Fsp3) is 0.464. The van der Waals surface area contributed by atoms with Gasteiger partial charge in [-0.25, -0.2) is 4.79 Å². The molecule has 1 aromatic carbocycles. The lowest BCUT2D eigenvalue weighted by atomic mass is 9.96. The van der Waals surface area contributed by atoms with Gasteiger partial charge in [0.2, 0.25) is 0 Å². The number of hydrogen-bond acceptors (Lipinski definition) is 5. The van der Waals surface area contributed by atoms with Crippen LogP contribution in [0.1, 0.15) is 65.5 Å². The lowest BCUT2D eigenvalue weighted by Gasteiger charge is -2.34. The van der Waals surface area contributed by atoms with Crippen molar-refractivity contribution >= 4 is 11.5 Å². The number of morpholine rings is 1. The first kappa shape index (κ1) is 24.5. The number of rotatable bonds is 7. The van der Waals surface area contributed by atoms with E-state index in [1.165, 1.54) is 5.56 Å². The number of hydrogen-bond donors (Lipinski definition) is 0. The van der Waals surface area contributed by atoms with E-state index >= 15 is 0 Å². The molecule has 0 spiro atoms. The Morgan fingerprint density at radius 3 is 2.53 bits per heavy atom. The summed E-state index contributed by atoms with van der Waals surface area (Å²) in [4.78, 5) is 18.1. The van der Waals surface area contributed by atoms with Gasteiger partial charge in [0.25, 0.3) is 0 Å². The van der Waals surface area contributed by atoms with Gasteiger partial charge in [-0.1, -0.05) is 26.0 Å². The highest BCUT2D eigenvalue weighted by atomic mass is 16.5. The first-order valence-electron chi connectivity index (χ1n) is 12.2. The van der Waals surface area contributed by atoms with Gasteiger partial charge in [0.05, 0.1) is 18.8 Å². The van der Waals surface area contributed by atoms with Gasteiger partial charge in [0.1, 0.15) is 5.75 Å². The molecule has 182 valence electrons. The van der Waals surface area contributed by atoms with Crippen LogP contribution < -0.4 is 4.74 Å². The van der Waals surface area contributed by atoms with Crippen molar-refractivity contribution in [3.05, 3.63) is 70.5 Å². The molecular formula is C28H37N3O3. The maximum Gasteiger partial charge on any atom is 0.343 e. The molecule has 0 aliphatic carbocycles. The molecule has 1 aliphatic heterocycles. The molecule has 1 saturated heterocycles. The predicted molar refractivity (Wildman–Crippen MR) is 136 cm³/mol. The second-order valence-corrected chi connectivity index (χ2v) is 9.80. The summed E-state index contributed by atoms with van der Waals surface area (Å²) >= 11 is 0. The number of carbonyl (C=O) groups excluding carboxylic acids is 1. The highest BCUT2D eigenvalue weighted by Gasteiger charge is 2.26. The molecule has 1 fully saturated rings. The fourth-order valence-corrected chi connectivity index (χ4v) is 5.03. The Bertz CT molecular complexity index is 1160. The average Bonchev–Trinajstić information content (AvgIpc) is 3.27. The average molecular weight is 464 g/mol. The molecule has 1 unspecified atom stereocenters. The van der Waals surface area contributed by atoms with E-state index in [-0.39, 0.29) is 12.0 Å². The minimum atomic E-state index is -0.308. The van der Waals surface area contributed by atoms with Crippen molar-refractivity contribution in [3.63, 3.8) is 0 Å². The Labute approximate surface area is 203 Å². The summed E-state index contributed by atoms with van der Waals surface area (Å²) in [6, 6.07) is 12.2. The van der Waals surface area contributed by atoms with E-state index in [0.29, 0.717) is 23.8 Å². The van der Waals surface area contributed by atoms with E-state index < -0.39 is 0 Å². The van der Waals surface area contributed by atoms with Gasteiger partial charge in [0, 0.05) is 48.6 Å². The van der Waals surface area contributed by atoms with E-state index in [4.69, 9.17) is 9.47 Å². The number of pyridine rings is 1. The number of nitrogens with zero attached hydrogens (tertiary/aromatic N) is 3. The molecule has 0 N–H and O–H groups in total. The van der Waals surface area contributed by atoms with Crippen molar-refractivity contribution in [2.24, 2.45) is 0 Å². The summed E-state index contributed by atoms with van der Waals surface area (Å²) in [5.41, 5.74) is 5.98. The third kappa shape index (κ3) is 4.90. The monoisotopic (exact) mass is 463 g/mol.